The number of rotatable bonds is 7. The highest BCUT2D eigenvalue weighted by atomic mass is 16.6. The number of carbonyl (C=O) groups is 2. The summed E-state index contributed by atoms with van der Waals surface area (Å²) in [6.07, 6.45) is 0. The number of nitrogens with two attached hydrogens (primary N) is 1. The van der Waals surface area contributed by atoms with Crippen LogP contribution in [-0.2, 0) is 14.3 Å². The van der Waals surface area contributed by atoms with E-state index in [9.17, 15) is 14.9 Å². The van der Waals surface area contributed by atoms with Crippen molar-refractivity contribution >= 4 is 11.9 Å². The van der Waals surface area contributed by atoms with Gasteiger partial charge in [-0.25, -0.2) is 9.59 Å². The largest absolute Gasteiger partial charge is 0.490 e. The van der Waals surface area contributed by atoms with Crippen LogP contribution in [0.5, 0.6) is 11.5 Å². The van der Waals surface area contributed by atoms with Crippen LogP contribution in [0.2, 0.25) is 0 Å². The van der Waals surface area contributed by atoms with Gasteiger partial charge in [-0.15, -0.1) is 0 Å². The summed E-state index contributed by atoms with van der Waals surface area (Å²) < 4.78 is 22.0. The van der Waals surface area contributed by atoms with Gasteiger partial charge in [0.05, 0.1) is 30.3 Å². The van der Waals surface area contributed by atoms with Crippen molar-refractivity contribution < 1.29 is 28.5 Å². The maximum absolute atomic E-state index is 12.7. The fourth-order valence-electron chi connectivity index (χ4n) is 3.68. The average molecular weight is 463 g/mol. The Hall–Kier alpha value is -4.25. The molecule has 2 N–H and O–H groups in total. The summed E-state index contributed by atoms with van der Waals surface area (Å²) in [5.74, 6) is -1.34. The zero-order valence-corrected chi connectivity index (χ0v) is 19.5. The second-order valence-corrected chi connectivity index (χ2v) is 7.51. The van der Waals surface area contributed by atoms with E-state index in [2.05, 4.69) is 0 Å². The van der Waals surface area contributed by atoms with E-state index in [4.69, 9.17) is 24.7 Å². The molecule has 2 aromatic rings. The molecule has 0 fully saturated rings. The van der Waals surface area contributed by atoms with Gasteiger partial charge in [0.2, 0.25) is 5.88 Å². The Morgan fingerprint density at radius 1 is 1.06 bits per heavy atom. The molecule has 176 valence electrons. The molecule has 0 saturated carbocycles. The molecule has 1 aliphatic heterocycles. The number of hydrogen-bond donors (Lipinski definition) is 1. The minimum Gasteiger partial charge on any atom is -0.490 e. The van der Waals surface area contributed by atoms with Crippen LogP contribution in [0, 0.1) is 18.3 Å². The second-order valence-electron chi connectivity index (χ2n) is 7.51. The fraction of sp³-hybridized carbons (Fsp3) is 0.269. The Bertz CT molecular complexity index is 1220. The first-order valence-corrected chi connectivity index (χ1v) is 10.8. The lowest BCUT2D eigenvalue weighted by atomic mass is 9.83. The lowest BCUT2D eigenvalue weighted by Crippen LogP contribution is -2.25. The molecule has 8 nitrogen and oxygen atoms in total. The van der Waals surface area contributed by atoms with E-state index in [0.29, 0.717) is 17.7 Å². The standard InChI is InChI=1S/C26H26N2O6/c1-5-31-21-13-17(10-11-20(21)34-25(29)18-9-7-8-15(3)12-18)23-19(14-27)24(28)33-16(4)22(23)26(30)32-6-2/h7-13,23H,5-6,28H2,1-4H3. The average Bonchev–Trinajstić information content (AvgIpc) is 2.80. The van der Waals surface area contributed by atoms with Gasteiger partial charge >= 0.3 is 11.9 Å². The molecular formula is C26H26N2O6. The van der Waals surface area contributed by atoms with Crippen molar-refractivity contribution in [3.63, 3.8) is 0 Å². The molecule has 2 aromatic carbocycles. The molecule has 1 unspecified atom stereocenters. The number of hydrogen-bond acceptors (Lipinski definition) is 8. The van der Waals surface area contributed by atoms with Crippen LogP contribution in [-0.4, -0.2) is 25.2 Å². The number of nitrogens with zero attached hydrogens (tertiary/aromatic N) is 1. The van der Waals surface area contributed by atoms with Gasteiger partial charge in [0, 0.05) is 0 Å². The number of benzene rings is 2. The van der Waals surface area contributed by atoms with E-state index in [-0.39, 0.29) is 40.9 Å². The highest BCUT2D eigenvalue weighted by Gasteiger charge is 2.36. The molecule has 1 aliphatic rings. The first-order chi connectivity index (χ1) is 16.3. The van der Waals surface area contributed by atoms with Crippen LogP contribution in [0.25, 0.3) is 0 Å². The smallest absolute Gasteiger partial charge is 0.343 e. The molecule has 0 saturated heterocycles. The Kier molecular flexibility index (Phi) is 7.59. The molecule has 0 amide bonds. The molecule has 34 heavy (non-hydrogen) atoms. The minimum atomic E-state index is -0.835. The third kappa shape index (κ3) is 5.04. The summed E-state index contributed by atoms with van der Waals surface area (Å²) in [4.78, 5) is 25.4. The van der Waals surface area contributed by atoms with Crippen LogP contribution >= 0.6 is 0 Å². The number of ether oxygens (including phenoxy) is 4. The normalized spacial score (nSPS) is 15.3. The highest BCUT2D eigenvalue weighted by Crippen LogP contribution is 2.42. The Balaban J connectivity index is 2.05. The van der Waals surface area contributed by atoms with Crippen molar-refractivity contribution in [1.29, 1.82) is 5.26 Å². The van der Waals surface area contributed by atoms with Gasteiger partial charge in [-0.05, 0) is 57.5 Å². The maximum atomic E-state index is 12.7. The van der Waals surface area contributed by atoms with Gasteiger partial charge in [-0.3, -0.25) is 0 Å². The summed E-state index contributed by atoms with van der Waals surface area (Å²) in [5, 5.41) is 9.76. The summed E-state index contributed by atoms with van der Waals surface area (Å²) in [6.45, 7) is 7.40. The monoisotopic (exact) mass is 462 g/mol. The molecule has 0 aromatic heterocycles. The number of allylic oxidation sites excluding steroid dienone is 2. The lowest BCUT2D eigenvalue weighted by Gasteiger charge is -2.27. The topological polar surface area (TPSA) is 121 Å². The van der Waals surface area contributed by atoms with Crippen molar-refractivity contribution in [1.82, 2.24) is 0 Å². The predicted octanol–water partition coefficient (Wildman–Crippen LogP) is 4.26. The van der Waals surface area contributed by atoms with E-state index >= 15 is 0 Å². The van der Waals surface area contributed by atoms with Crippen molar-refractivity contribution in [3.05, 3.63) is 81.9 Å². The number of aryl methyl sites for hydroxylation is 1. The molecule has 0 bridgehead atoms. The Labute approximate surface area is 198 Å². The SMILES string of the molecule is CCOC(=O)C1=C(C)OC(N)=C(C#N)C1c1ccc(OC(=O)c2cccc(C)c2)c(OCC)c1. The fourth-order valence-corrected chi connectivity index (χ4v) is 3.68. The van der Waals surface area contributed by atoms with Crippen LogP contribution in [0.3, 0.4) is 0 Å². The van der Waals surface area contributed by atoms with Crippen molar-refractivity contribution in [3.8, 4) is 17.6 Å². The summed E-state index contributed by atoms with van der Waals surface area (Å²) >= 11 is 0. The minimum absolute atomic E-state index is 0.0700. The highest BCUT2D eigenvalue weighted by molar-refractivity contribution is 5.93. The molecule has 0 spiro atoms. The third-order valence-corrected chi connectivity index (χ3v) is 5.16. The van der Waals surface area contributed by atoms with Gasteiger partial charge in [-0.2, -0.15) is 5.26 Å². The van der Waals surface area contributed by atoms with Crippen molar-refractivity contribution in [2.24, 2.45) is 5.73 Å². The molecule has 1 atom stereocenters. The third-order valence-electron chi connectivity index (χ3n) is 5.16. The van der Waals surface area contributed by atoms with Gasteiger partial charge in [0.15, 0.2) is 11.5 Å². The van der Waals surface area contributed by atoms with E-state index in [1.165, 1.54) is 0 Å². The molecule has 0 radical (unpaired) electrons. The molecule has 0 aliphatic carbocycles. The summed E-state index contributed by atoms with van der Waals surface area (Å²) in [6, 6.07) is 13.9. The van der Waals surface area contributed by atoms with Crippen molar-refractivity contribution in [2.75, 3.05) is 13.2 Å². The van der Waals surface area contributed by atoms with E-state index in [1.807, 2.05) is 19.1 Å². The maximum Gasteiger partial charge on any atom is 0.343 e. The van der Waals surface area contributed by atoms with E-state index in [0.717, 1.165) is 5.56 Å². The molecule has 8 heteroatoms. The van der Waals surface area contributed by atoms with Crippen LogP contribution in [0.1, 0.15) is 48.2 Å². The Morgan fingerprint density at radius 2 is 1.82 bits per heavy atom. The lowest BCUT2D eigenvalue weighted by molar-refractivity contribution is -0.139. The van der Waals surface area contributed by atoms with Crippen LogP contribution in [0.4, 0.5) is 0 Å². The van der Waals surface area contributed by atoms with Crippen molar-refractivity contribution in [2.45, 2.75) is 33.6 Å². The summed E-state index contributed by atoms with van der Waals surface area (Å²) in [5.41, 5.74) is 8.06. The summed E-state index contributed by atoms with van der Waals surface area (Å²) in [7, 11) is 0. The van der Waals surface area contributed by atoms with E-state index < -0.39 is 17.9 Å². The first-order valence-electron chi connectivity index (χ1n) is 10.8. The van der Waals surface area contributed by atoms with E-state index in [1.54, 1.807) is 57.2 Å². The van der Waals surface area contributed by atoms with Gasteiger partial charge in [0.1, 0.15) is 17.4 Å². The first kappa shape index (κ1) is 24.4. The molecular weight excluding hydrogens is 436 g/mol. The molecule has 1 heterocycles. The van der Waals surface area contributed by atoms with Gasteiger partial charge in [-0.1, -0.05) is 23.8 Å². The van der Waals surface area contributed by atoms with Crippen LogP contribution in [0.15, 0.2) is 65.3 Å². The molecule has 3 rings (SSSR count). The Morgan fingerprint density at radius 3 is 2.47 bits per heavy atom. The zero-order chi connectivity index (χ0) is 24.8. The number of esters is 2. The van der Waals surface area contributed by atoms with Gasteiger partial charge < -0.3 is 24.7 Å². The second kappa shape index (κ2) is 10.6. The predicted molar refractivity (Wildman–Crippen MR) is 124 cm³/mol. The number of carbonyl (C=O) groups excluding carboxylic acids is 2. The van der Waals surface area contributed by atoms with Gasteiger partial charge in [0.25, 0.3) is 0 Å². The quantitative estimate of drug-likeness (QED) is 0.479. The number of nitriles is 1. The van der Waals surface area contributed by atoms with Crippen LogP contribution < -0.4 is 15.2 Å². The zero-order valence-electron chi connectivity index (χ0n) is 19.5.